The molecule has 0 aliphatic heterocycles. The maximum atomic E-state index is 11.9. The molecule has 0 aromatic heterocycles. The summed E-state index contributed by atoms with van der Waals surface area (Å²) < 4.78 is 0.838. The van der Waals surface area contributed by atoms with E-state index < -0.39 is 0 Å². The Morgan fingerprint density at radius 3 is 2.77 bits per heavy atom. The monoisotopic (exact) mass is 364 g/mol. The molecule has 0 spiro atoms. The van der Waals surface area contributed by atoms with Crippen LogP contribution < -0.4 is 10.6 Å². The molecule has 0 saturated carbocycles. The van der Waals surface area contributed by atoms with Gasteiger partial charge in [0.05, 0.1) is 6.54 Å². The molecule has 0 heterocycles. The van der Waals surface area contributed by atoms with E-state index in [0.29, 0.717) is 12.1 Å². The second-order valence-electron chi connectivity index (χ2n) is 5.40. The second kappa shape index (κ2) is 8.73. The Balaban J connectivity index is 1.67. The van der Waals surface area contributed by atoms with Crippen LogP contribution in [0.5, 0.6) is 0 Å². The van der Waals surface area contributed by atoms with Crippen LogP contribution in [0.1, 0.15) is 42.5 Å². The van der Waals surface area contributed by atoms with Crippen molar-refractivity contribution in [2.45, 2.75) is 32.1 Å². The zero-order chi connectivity index (χ0) is 15.8. The van der Waals surface area contributed by atoms with Gasteiger partial charge in [-0.05, 0) is 50.3 Å². The van der Waals surface area contributed by atoms with Crippen molar-refractivity contribution < 1.29 is 9.59 Å². The fourth-order valence-corrected chi connectivity index (χ4v) is 2.85. The number of allylic oxidation sites excluding steroid dienone is 1. The molecule has 0 unspecified atom stereocenters. The van der Waals surface area contributed by atoms with Crippen molar-refractivity contribution in [3.8, 4) is 0 Å². The van der Waals surface area contributed by atoms with Gasteiger partial charge in [-0.25, -0.2) is 0 Å². The zero-order valence-corrected chi connectivity index (χ0v) is 14.1. The van der Waals surface area contributed by atoms with E-state index in [1.54, 1.807) is 18.2 Å². The summed E-state index contributed by atoms with van der Waals surface area (Å²) in [7, 11) is 0. The number of rotatable bonds is 6. The van der Waals surface area contributed by atoms with E-state index in [1.807, 2.05) is 6.07 Å². The van der Waals surface area contributed by atoms with Gasteiger partial charge in [-0.15, -0.1) is 0 Å². The minimum atomic E-state index is -0.244. The molecule has 0 bridgehead atoms. The third-order valence-electron chi connectivity index (χ3n) is 3.65. The van der Waals surface area contributed by atoms with Gasteiger partial charge in [0.2, 0.25) is 5.91 Å². The van der Waals surface area contributed by atoms with Gasteiger partial charge in [-0.3, -0.25) is 9.59 Å². The van der Waals surface area contributed by atoms with Crippen molar-refractivity contribution in [3.63, 3.8) is 0 Å². The highest BCUT2D eigenvalue weighted by Crippen LogP contribution is 2.19. The summed E-state index contributed by atoms with van der Waals surface area (Å²) in [6.45, 7) is 0.641. The summed E-state index contributed by atoms with van der Waals surface area (Å²) in [6.07, 6.45) is 8.03. The lowest BCUT2D eigenvalue weighted by Crippen LogP contribution is -2.37. The van der Waals surface area contributed by atoms with E-state index in [9.17, 15) is 9.59 Å². The predicted molar refractivity (Wildman–Crippen MR) is 90.7 cm³/mol. The van der Waals surface area contributed by atoms with Crippen LogP contribution in [0.15, 0.2) is 40.4 Å². The predicted octanol–water partition coefficient (Wildman–Crippen LogP) is 3.19. The normalized spacial score (nSPS) is 14.1. The Bertz CT molecular complexity index is 570. The quantitative estimate of drug-likeness (QED) is 0.761. The molecule has 2 rings (SSSR count). The summed E-state index contributed by atoms with van der Waals surface area (Å²) >= 11 is 3.32. The van der Waals surface area contributed by atoms with Gasteiger partial charge in [0, 0.05) is 16.6 Å². The molecule has 4 nitrogen and oxygen atoms in total. The van der Waals surface area contributed by atoms with Crippen molar-refractivity contribution in [2.75, 3.05) is 13.1 Å². The number of hydrogen-bond acceptors (Lipinski definition) is 2. The average Bonchev–Trinajstić information content (AvgIpc) is 2.53. The Morgan fingerprint density at radius 1 is 1.18 bits per heavy atom. The average molecular weight is 365 g/mol. The SMILES string of the molecule is O=C(CNC(=O)c1cccc(Br)c1)NCCC1=CCCCC1. The standard InChI is InChI=1S/C17H21BrN2O2/c18-15-8-4-7-14(11-15)17(22)20-12-16(21)19-10-9-13-5-2-1-3-6-13/h4-5,7-8,11H,1-3,6,9-10,12H2,(H,19,21)(H,20,22). The van der Waals surface area contributed by atoms with Crippen LogP contribution >= 0.6 is 15.9 Å². The molecule has 0 radical (unpaired) electrons. The molecule has 1 aliphatic carbocycles. The summed E-state index contributed by atoms with van der Waals surface area (Å²) in [5.41, 5.74) is 1.97. The summed E-state index contributed by atoms with van der Waals surface area (Å²) in [5.74, 6) is -0.397. The lowest BCUT2D eigenvalue weighted by atomic mass is 9.97. The number of hydrogen-bond donors (Lipinski definition) is 2. The van der Waals surface area contributed by atoms with Gasteiger partial charge in [0.15, 0.2) is 0 Å². The maximum absolute atomic E-state index is 11.9. The summed E-state index contributed by atoms with van der Waals surface area (Å²) in [5, 5.41) is 5.47. The minimum absolute atomic E-state index is 0.00436. The largest absolute Gasteiger partial charge is 0.354 e. The van der Waals surface area contributed by atoms with Crippen LogP contribution in [-0.2, 0) is 4.79 Å². The van der Waals surface area contributed by atoms with Crippen LogP contribution in [0.25, 0.3) is 0 Å². The number of carbonyl (C=O) groups excluding carboxylic acids is 2. The summed E-state index contributed by atoms with van der Waals surface area (Å²) in [6, 6.07) is 7.08. The third kappa shape index (κ3) is 5.64. The number of benzene rings is 1. The van der Waals surface area contributed by atoms with Crippen molar-refractivity contribution >= 4 is 27.7 Å². The van der Waals surface area contributed by atoms with E-state index >= 15 is 0 Å². The first-order valence-corrected chi connectivity index (χ1v) is 8.43. The van der Waals surface area contributed by atoms with Gasteiger partial charge >= 0.3 is 0 Å². The van der Waals surface area contributed by atoms with E-state index in [1.165, 1.54) is 18.4 Å². The third-order valence-corrected chi connectivity index (χ3v) is 4.14. The second-order valence-corrected chi connectivity index (χ2v) is 6.32. The fourth-order valence-electron chi connectivity index (χ4n) is 2.45. The maximum Gasteiger partial charge on any atom is 0.251 e. The number of amides is 2. The zero-order valence-electron chi connectivity index (χ0n) is 12.5. The van der Waals surface area contributed by atoms with Gasteiger partial charge in [0.1, 0.15) is 0 Å². The molecule has 0 fully saturated rings. The number of nitrogens with one attached hydrogen (secondary N) is 2. The summed E-state index contributed by atoms with van der Waals surface area (Å²) in [4.78, 5) is 23.6. The first-order valence-electron chi connectivity index (χ1n) is 7.63. The van der Waals surface area contributed by atoms with E-state index in [4.69, 9.17) is 0 Å². The first kappa shape index (κ1) is 16.7. The highest BCUT2D eigenvalue weighted by atomic mass is 79.9. The van der Waals surface area contributed by atoms with Crippen LogP contribution in [-0.4, -0.2) is 24.9 Å². The van der Waals surface area contributed by atoms with Crippen molar-refractivity contribution in [3.05, 3.63) is 46.0 Å². The molecule has 22 heavy (non-hydrogen) atoms. The fraction of sp³-hybridized carbons (Fsp3) is 0.412. The van der Waals surface area contributed by atoms with E-state index in [-0.39, 0.29) is 18.4 Å². The molecule has 0 atom stereocenters. The molecule has 1 aliphatic rings. The van der Waals surface area contributed by atoms with Gasteiger partial charge < -0.3 is 10.6 Å². The lowest BCUT2D eigenvalue weighted by molar-refractivity contribution is -0.120. The highest BCUT2D eigenvalue weighted by Gasteiger charge is 2.09. The number of halogens is 1. The van der Waals surface area contributed by atoms with Gasteiger partial charge in [-0.2, -0.15) is 0 Å². The Labute approximate surface area is 139 Å². The molecule has 2 N–H and O–H groups in total. The van der Waals surface area contributed by atoms with Crippen molar-refractivity contribution in [1.82, 2.24) is 10.6 Å². The Hall–Kier alpha value is -1.62. The van der Waals surface area contributed by atoms with Crippen molar-refractivity contribution in [2.24, 2.45) is 0 Å². The molecule has 0 saturated heterocycles. The van der Waals surface area contributed by atoms with Gasteiger partial charge in [0.25, 0.3) is 5.91 Å². The molecular weight excluding hydrogens is 344 g/mol. The first-order chi connectivity index (χ1) is 10.6. The van der Waals surface area contributed by atoms with Crippen LogP contribution in [0.4, 0.5) is 0 Å². The van der Waals surface area contributed by atoms with Crippen LogP contribution in [0, 0.1) is 0 Å². The molecular formula is C17H21BrN2O2. The number of carbonyl (C=O) groups is 2. The van der Waals surface area contributed by atoms with Crippen LogP contribution in [0.3, 0.4) is 0 Å². The highest BCUT2D eigenvalue weighted by molar-refractivity contribution is 9.10. The Morgan fingerprint density at radius 2 is 2.05 bits per heavy atom. The molecule has 1 aromatic rings. The Kier molecular flexibility index (Phi) is 6.65. The molecule has 1 aromatic carbocycles. The molecule has 5 heteroatoms. The topological polar surface area (TPSA) is 58.2 Å². The minimum Gasteiger partial charge on any atom is -0.354 e. The smallest absolute Gasteiger partial charge is 0.251 e. The van der Waals surface area contributed by atoms with Crippen molar-refractivity contribution in [1.29, 1.82) is 0 Å². The van der Waals surface area contributed by atoms with Gasteiger partial charge in [-0.1, -0.05) is 33.6 Å². The molecule has 2 amide bonds. The van der Waals surface area contributed by atoms with Crippen LogP contribution in [0.2, 0.25) is 0 Å². The molecule has 118 valence electrons. The lowest BCUT2D eigenvalue weighted by Gasteiger charge is -2.13. The van der Waals surface area contributed by atoms with E-state index in [0.717, 1.165) is 23.7 Å². The van der Waals surface area contributed by atoms with E-state index in [2.05, 4.69) is 32.6 Å².